The Morgan fingerprint density at radius 2 is 2.10 bits per heavy atom. The molecule has 2 aliphatic rings. The number of amides is 1. The minimum Gasteiger partial charge on any atom is -0.483 e. The van der Waals surface area contributed by atoms with E-state index in [0.717, 1.165) is 49.2 Å². The summed E-state index contributed by atoms with van der Waals surface area (Å²) in [4.78, 5) is 14.6. The third kappa shape index (κ3) is 3.05. The fraction of sp³-hybridized carbons (Fsp3) is 0.588. The number of ether oxygens (including phenoxy) is 1. The molecule has 2 fully saturated rings. The lowest BCUT2D eigenvalue weighted by Crippen LogP contribution is -2.44. The SMILES string of the molecule is Cc1ccc(C)c(OCC(=O)N2C3CCNCC2CC3)c1. The van der Waals surface area contributed by atoms with E-state index in [4.69, 9.17) is 4.74 Å². The Balaban J connectivity index is 1.65. The maximum atomic E-state index is 12.6. The lowest BCUT2D eigenvalue weighted by molar-refractivity contribution is -0.136. The topological polar surface area (TPSA) is 41.6 Å². The van der Waals surface area contributed by atoms with Crippen molar-refractivity contribution in [2.45, 2.75) is 45.2 Å². The first-order valence-electron chi connectivity index (χ1n) is 7.87. The fourth-order valence-corrected chi connectivity index (χ4v) is 3.47. The molecule has 2 aliphatic heterocycles. The Bertz CT molecular complexity index is 516. The van der Waals surface area contributed by atoms with Gasteiger partial charge >= 0.3 is 0 Å². The second-order valence-electron chi connectivity index (χ2n) is 6.24. The number of nitrogens with one attached hydrogen (secondary N) is 1. The number of hydrogen-bond donors (Lipinski definition) is 1. The van der Waals surface area contributed by atoms with E-state index in [2.05, 4.69) is 16.3 Å². The van der Waals surface area contributed by atoms with Crippen molar-refractivity contribution in [3.8, 4) is 5.75 Å². The molecule has 0 radical (unpaired) electrons. The number of carbonyl (C=O) groups is 1. The molecule has 0 saturated carbocycles. The summed E-state index contributed by atoms with van der Waals surface area (Å²) in [6.45, 7) is 6.14. The van der Waals surface area contributed by atoms with E-state index in [0.29, 0.717) is 12.1 Å². The third-order valence-corrected chi connectivity index (χ3v) is 4.64. The second-order valence-corrected chi connectivity index (χ2v) is 6.24. The standard InChI is InChI=1S/C17H24N2O2/c1-12-3-4-13(2)16(9-12)21-11-17(20)19-14-5-6-15(19)10-18-8-7-14/h3-4,9,14-15,18H,5-8,10-11H2,1-2H3. The van der Waals surface area contributed by atoms with E-state index in [1.807, 2.05) is 26.0 Å². The first-order chi connectivity index (χ1) is 10.1. The molecule has 1 amide bonds. The van der Waals surface area contributed by atoms with Crippen LogP contribution in [0.15, 0.2) is 18.2 Å². The summed E-state index contributed by atoms with van der Waals surface area (Å²) >= 11 is 0. The van der Waals surface area contributed by atoms with Crippen molar-refractivity contribution in [2.75, 3.05) is 19.7 Å². The minimum absolute atomic E-state index is 0.132. The quantitative estimate of drug-likeness (QED) is 0.925. The molecule has 4 heteroatoms. The van der Waals surface area contributed by atoms with Gasteiger partial charge in [0.2, 0.25) is 0 Å². The van der Waals surface area contributed by atoms with Crippen LogP contribution in [0.3, 0.4) is 0 Å². The van der Waals surface area contributed by atoms with E-state index in [1.165, 1.54) is 0 Å². The zero-order valence-corrected chi connectivity index (χ0v) is 12.9. The van der Waals surface area contributed by atoms with Crippen molar-refractivity contribution in [1.82, 2.24) is 10.2 Å². The van der Waals surface area contributed by atoms with Gasteiger partial charge in [-0.15, -0.1) is 0 Å². The first-order valence-corrected chi connectivity index (χ1v) is 7.87. The van der Waals surface area contributed by atoms with Gasteiger partial charge in [0.1, 0.15) is 5.75 Å². The Morgan fingerprint density at radius 3 is 2.95 bits per heavy atom. The largest absolute Gasteiger partial charge is 0.483 e. The number of carbonyl (C=O) groups excluding carboxylic acids is 1. The summed E-state index contributed by atoms with van der Waals surface area (Å²) in [5.41, 5.74) is 2.23. The summed E-state index contributed by atoms with van der Waals surface area (Å²) in [6, 6.07) is 6.85. The van der Waals surface area contributed by atoms with Crippen LogP contribution in [0.2, 0.25) is 0 Å². The molecule has 21 heavy (non-hydrogen) atoms. The van der Waals surface area contributed by atoms with Crippen molar-refractivity contribution in [2.24, 2.45) is 0 Å². The number of hydrogen-bond acceptors (Lipinski definition) is 3. The van der Waals surface area contributed by atoms with Crippen LogP contribution in [0.25, 0.3) is 0 Å². The molecule has 1 aromatic carbocycles. The molecule has 2 saturated heterocycles. The highest BCUT2D eigenvalue weighted by atomic mass is 16.5. The van der Waals surface area contributed by atoms with Gasteiger partial charge in [0, 0.05) is 18.6 Å². The summed E-state index contributed by atoms with van der Waals surface area (Å²) < 4.78 is 5.79. The van der Waals surface area contributed by atoms with Gasteiger partial charge in [-0.25, -0.2) is 0 Å². The average Bonchev–Trinajstić information content (AvgIpc) is 2.73. The summed E-state index contributed by atoms with van der Waals surface area (Å²) in [5, 5.41) is 3.42. The summed E-state index contributed by atoms with van der Waals surface area (Å²) in [6.07, 6.45) is 3.32. The van der Waals surface area contributed by atoms with E-state index < -0.39 is 0 Å². The maximum absolute atomic E-state index is 12.6. The molecule has 4 nitrogen and oxygen atoms in total. The van der Waals surface area contributed by atoms with Gasteiger partial charge in [-0.2, -0.15) is 0 Å². The van der Waals surface area contributed by atoms with E-state index in [1.54, 1.807) is 0 Å². The highest BCUT2D eigenvalue weighted by Gasteiger charge is 2.37. The number of benzene rings is 1. The average molecular weight is 288 g/mol. The zero-order valence-electron chi connectivity index (χ0n) is 12.9. The number of fused-ring (bicyclic) bond motifs is 2. The van der Waals surface area contributed by atoms with Crippen LogP contribution in [0.4, 0.5) is 0 Å². The zero-order chi connectivity index (χ0) is 14.8. The van der Waals surface area contributed by atoms with Crippen LogP contribution in [0, 0.1) is 13.8 Å². The van der Waals surface area contributed by atoms with Crippen LogP contribution in [-0.4, -0.2) is 42.6 Å². The van der Waals surface area contributed by atoms with E-state index in [9.17, 15) is 4.79 Å². The molecule has 0 aromatic heterocycles. The predicted molar refractivity (Wildman–Crippen MR) is 82.6 cm³/mol. The minimum atomic E-state index is 0.132. The van der Waals surface area contributed by atoms with Crippen molar-refractivity contribution >= 4 is 5.91 Å². The van der Waals surface area contributed by atoms with Gasteiger partial charge in [0.25, 0.3) is 5.91 Å². The van der Waals surface area contributed by atoms with Crippen LogP contribution in [0.5, 0.6) is 5.75 Å². The maximum Gasteiger partial charge on any atom is 0.261 e. The summed E-state index contributed by atoms with van der Waals surface area (Å²) in [5.74, 6) is 0.954. The molecule has 0 spiro atoms. The molecule has 1 N–H and O–H groups in total. The molecule has 2 bridgehead atoms. The molecular weight excluding hydrogens is 264 g/mol. The Labute approximate surface area is 126 Å². The van der Waals surface area contributed by atoms with Gasteiger partial charge in [-0.05, 0) is 56.8 Å². The van der Waals surface area contributed by atoms with Gasteiger partial charge < -0.3 is 15.0 Å². The van der Waals surface area contributed by atoms with Crippen LogP contribution >= 0.6 is 0 Å². The van der Waals surface area contributed by atoms with Crippen molar-refractivity contribution < 1.29 is 9.53 Å². The number of rotatable bonds is 3. The monoisotopic (exact) mass is 288 g/mol. The lowest BCUT2D eigenvalue weighted by atomic mass is 10.1. The number of aryl methyl sites for hydroxylation is 2. The molecule has 1 aromatic rings. The predicted octanol–water partition coefficient (Wildman–Crippen LogP) is 2.04. The van der Waals surface area contributed by atoms with Gasteiger partial charge in [0.15, 0.2) is 6.61 Å². The summed E-state index contributed by atoms with van der Waals surface area (Å²) in [7, 11) is 0. The van der Waals surface area contributed by atoms with Gasteiger partial charge in [0.05, 0.1) is 0 Å². The molecule has 2 atom stereocenters. The molecule has 0 aliphatic carbocycles. The highest BCUT2D eigenvalue weighted by Crippen LogP contribution is 2.28. The van der Waals surface area contributed by atoms with Crippen molar-refractivity contribution in [3.05, 3.63) is 29.3 Å². The van der Waals surface area contributed by atoms with Gasteiger partial charge in [-0.1, -0.05) is 12.1 Å². The van der Waals surface area contributed by atoms with Crippen LogP contribution < -0.4 is 10.1 Å². The van der Waals surface area contributed by atoms with E-state index >= 15 is 0 Å². The van der Waals surface area contributed by atoms with E-state index in [-0.39, 0.29) is 12.5 Å². The van der Waals surface area contributed by atoms with Gasteiger partial charge in [-0.3, -0.25) is 4.79 Å². The van der Waals surface area contributed by atoms with Crippen LogP contribution in [-0.2, 0) is 4.79 Å². The third-order valence-electron chi connectivity index (χ3n) is 4.64. The van der Waals surface area contributed by atoms with Crippen molar-refractivity contribution in [3.63, 3.8) is 0 Å². The Kier molecular flexibility index (Phi) is 4.15. The Hall–Kier alpha value is -1.55. The number of nitrogens with zero attached hydrogens (tertiary/aromatic N) is 1. The Morgan fingerprint density at radius 1 is 1.29 bits per heavy atom. The fourth-order valence-electron chi connectivity index (χ4n) is 3.47. The second kappa shape index (κ2) is 6.06. The molecule has 114 valence electrons. The lowest BCUT2D eigenvalue weighted by Gasteiger charge is -2.28. The van der Waals surface area contributed by atoms with Crippen LogP contribution in [0.1, 0.15) is 30.4 Å². The molecular formula is C17H24N2O2. The molecule has 2 unspecified atom stereocenters. The smallest absolute Gasteiger partial charge is 0.261 e. The normalized spacial score (nSPS) is 24.8. The first kappa shape index (κ1) is 14.4. The molecule has 2 heterocycles. The highest BCUT2D eigenvalue weighted by molar-refractivity contribution is 5.79. The molecule has 3 rings (SSSR count). The van der Waals surface area contributed by atoms with Crippen molar-refractivity contribution in [1.29, 1.82) is 0 Å².